The topological polar surface area (TPSA) is 94.2 Å². The Balaban J connectivity index is 1.36. The highest BCUT2D eigenvalue weighted by Gasteiger charge is 2.37. The zero-order valence-electron chi connectivity index (χ0n) is 23.3. The van der Waals surface area contributed by atoms with E-state index in [9.17, 15) is 14.4 Å². The molecule has 8 nitrogen and oxygen atoms in total. The number of barbiturate groups is 1. The third-order valence-corrected chi connectivity index (χ3v) is 7.65. The predicted octanol–water partition coefficient (Wildman–Crippen LogP) is 7.98. The zero-order valence-corrected chi connectivity index (χ0v) is 26.4. The lowest BCUT2D eigenvalue weighted by Gasteiger charge is -2.26. The lowest BCUT2D eigenvalue weighted by atomic mass is 10.1. The fraction of sp³-hybridized carbons (Fsp3) is 0.121. The average Bonchev–Trinajstić information content (AvgIpc) is 3.00. The van der Waals surface area contributed by atoms with Gasteiger partial charge in [0.05, 0.1) is 16.8 Å². The van der Waals surface area contributed by atoms with Gasteiger partial charge < -0.3 is 14.2 Å². The molecule has 4 aromatic rings. The van der Waals surface area contributed by atoms with Gasteiger partial charge in [0.2, 0.25) is 0 Å². The van der Waals surface area contributed by atoms with Gasteiger partial charge in [-0.2, -0.15) is 0 Å². The molecule has 0 bridgehead atoms. The number of ether oxygens (including phenoxy) is 3. The molecule has 224 valence electrons. The number of benzene rings is 4. The molecule has 1 aliphatic heterocycles. The van der Waals surface area contributed by atoms with E-state index in [4.69, 9.17) is 37.4 Å². The molecular weight excluding hydrogens is 671 g/mol. The van der Waals surface area contributed by atoms with Crippen molar-refractivity contribution in [3.63, 3.8) is 0 Å². The summed E-state index contributed by atoms with van der Waals surface area (Å²) in [6.45, 7) is 2.65. The molecule has 0 aliphatic carbocycles. The SMILES string of the molecule is CCOc1cc(/C=C2\C(=O)NC(=O)N(c3ccc(OCc4ccccc4)cc3)C2=O)cc(Br)c1OCc1ccc(Cl)cc1Cl. The lowest BCUT2D eigenvalue weighted by molar-refractivity contribution is -0.122. The molecule has 0 atom stereocenters. The minimum atomic E-state index is -0.851. The third-order valence-electron chi connectivity index (χ3n) is 6.47. The Bertz CT molecular complexity index is 1750. The fourth-order valence-electron chi connectivity index (χ4n) is 4.35. The summed E-state index contributed by atoms with van der Waals surface area (Å²) in [5.74, 6) is -0.245. The number of carbonyl (C=O) groups is 3. The first kappa shape index (κ1) is 31.1. The standard InChI is InChI=1S/C33H25BrCl2N2O6/c1-2-42-29-16-21(15-27(34)30(29)44-19-22-8-9-23(35)17-28(22)36)14-26-31(39)37-33(41)38(32(26)40)24-10-12-25(13-11-24)43-18-20-6-4-3-5-7-20/h3-17H,2,18-19H2,1H3,(H,37,39,41)/b26-14+. The molecule has 1 fully saturated rings. The first-order valence-electron chi connectivity index (χ1n) is 13.4. The van der Waals surface area contributed by atoms with Crippen LogP contribution >= 0.6 is 39.1 Å². The molecule has 1 aliphatic rings. The van der Waals surface area contributed by atoms with Crippen LogP contribution in [0.25, 0.3) is 6.08 Å². The van der Waals surface area contributed by atoms with E-state index in [-0.39, 0.29) is 17.9 Å². The van der Waals surface area contributed by atoms with E-state index >= 15 is 0 Å². The molecule has 44 heavy (non-hydrogen) atoms. The van der Waals surface area contributed by atoms with Gasteiger partial charge in [0.1, 0.15) is 24.5 Å². The highest BCUT2D eigenvalue weighted by Crippen LogP contribution is 2.39. The molecule has 5 rings (SSSR count). The number of amides is 4. The highest BCUT2D eigenvalue weighted by atomic mass is 79.9. The summed E-state index contributed by atoms with van der Waals surface area (Å²) in [4.78, 5) is 39.9. The number of urea groups is 1. The van der Waals surface area contributed by atoms with E-state index < -0.39 is 17.8 Å². The molecule has 1 saturated heterocycles. The number of imide groups is 2. The van der Waals surface area contributed by atoms with Crippen molar-refractivity contribution in [2.24, 2.45) is 0 Å². The van der Waals surface area contributed by atoms with Gasteiger partial charge in [-0.1, -0.05) is 59.6 Å². The van der Waals surface area contributed by atoms with Crippen LogP contribution in [0.5, 0.6) is 17.2 Å². The molecule has 0 saturated carbocycles. The van der Waals surface area contributed by atoms with Crippen LogP contribution in [0.3, 0.4) is 0 Å². The number of anilines is 1. The molecular formula is C33H25BrCl2N2O6. The Morgan fingerprint density at radius 1 is 0.864 bits per heavy atom. The monoisotopic (exact) mass is 694 g/mol. The molecule has 1 heterocycles. The summed E-state index contributed by atoms with van der Waals surface area (Å²) in [7, 11) is 0. The average molecular weight is 696 g/mol. The van der Waals surface area contributed by atoms with Crippen LogP contribution in [0, 0.1) is 0 Å². The van der Waals surface area contributed by atoms with Gasteiger partial charge in [-0.3, -0.25) is 14.9 Å². The van der Waals surface area contributed by atoms with Crippen molar-refractivity contribution >= 4 is 68.7 Å². The quantitative estimate of drug-likeness (QED) is 0.134. The van der Waals surface area contributed by atoms with Gasteiger partial charge in [0, 0.05) is 15.6 Å². The summed E-state index contributed by atoms with van der Waals surface area (Å²) in [5.41, 5.74) is 2.24. The number of nitrogens with zero attached hydrogens (tertiary/aromatic N) is 1. The Morgan fingerprint density at radius 3 is 2.32 bits per heavy atom. The maximum absolute atomic E-state index is 13.5. The molecule has 11 heteroatoms. The second-order valence-corrected chi connectivity index (χ2v) is 11.2. The summed E-state index contributed by atoms with van der Waals surface area (Å²) in [6, 6.07) is 23.7. The van der Waals surface area contributed by atoms with Crippen molar-refractivity contribution in [2.75, 3.05) is 11.5 Å². The van der Waals surface area contributed by atoms with Crippen LogP contribution in [0.1, 0.15) is 23.6 Å². The number of nitrogens with one attached hydrogen (secondary N) is 1. The first-order chi connectivity index (χ1) is 21.2. The van der Waals surface area contributed by atoms with Crippen LogP contribution in [0.2, 0.25) is 10.0 Å². The second-order valence-electron chi connectivity index (χ2n) is 9.51. The normalized spacial score (nSPS) is 14.0. The van der Waals surface area contributed by atoms with Gasteiger partial charge in [-0.05, 0) is 88.6 Å². The van der Waals surface area contributed by atoms with Crippen molar-refractivity contribution < 1.29 is 28.6 Å². The third kappa shape index (κ3) is 7.24. The van der Waals surface area contributed by atoms with E-state index in [0.717, 1.165) is 16.0 Å². The van der Waals surface area contributed by atoms with E-state index in [1.807, 2.05) is 37.3 Å². The van der Waals surface area contributed by atoms with Crippen molar-refractivity contribution in [3.05, 3.63) is 122 Å². The van der Waals surface area contributed by atoms with Crippen molar-refractivity contribution in [3.8, 4) is 17.2 Å². The van der Waals surface area contributed by atoms with E-state index in [0.29, 0.717) is 50.5 Å². The summed E-state index contributed by atoms with van der Waals surface area (Å²) < 4.78 is 18.2. The molecule has 0 radical (unpaired) electrons. The molecule has 0 spiro atoms. The number of hydrogen-bond donors (Lipinski definition) is 1. The molecule has 0 aromatic heterocycles. The minimum Gasteiger partial charge on any atom is -0.490 e. The number of halogens is 3. The minimum absolute atomic E-state index is 0.142. The van der Waals surface area contributed by atoms with Gasteiger partial charge >= 0.3 is 6.03 Å². The Labute approximate surface area is 272 Å². The zero-order chi connectivity index (χ0) is 31.2. The second kappa shape index (κ2) is 14.0. The van der Waals surface area contributed by atoms with Crippen LogP contribution in [0.15, 0.2) is 95.0 Å². The van der Waals surface area contributed by atoms with Crippen LogP contribution in [-0.4, -0.2) is 24.5 Å². The highest BCUT2D eigenvalue weighted by molar-refractivity contribution is 9.10. The number of hydrogen-bond acceptors (Lipinski definition) is 6. The summed E-state index contributed by atoms with van der Waals surface area (Å²) in [6.07, 6.45) is 1.39. The largest absolute Gasteiger partial charge is 0.490 e. The smallest absolute Gasteiger partial charge is 0.335 e. The number of rotatable bonds is 10. The van der Waals surface area contributed by atoms with Crippen molar-refractivity contribution in [2.45, 2.75) is 20.1 Å². The van der Waals surface area contributed by atoms with Gasteiger partial charge in [-0.25, -0.2) is 9.69 Å². The van der Waals surface area contributed by atoms with Crippen molar-refractivity contribution in [1.29, 1.82) is 0 Å². The number of carbonyl (C=O) groups excluding carboxylic acids is 3. The summed E-state index contributed by atoms with van der Waals surface area (Å²) in [5, 5.41) is 3.22. The van der Waals surface area contributed by atoms with E-state index in [1.165, 1.54) is 6.08 Å². The Morgan fingerprint density at radius 2 is 1.61 bits per heavy atom. The van der Waals surface area contributed by atoms with Gasteiger partial charge in [0.25, 0.3) is 11.8 Å². The predicted molar refractivity (Wildman–Crippen MR) is 172 cm³/mol. The molecule has 0 unspecified atom stereocenters. The maximum atomic E-state index is 13.5. The van der Waals surface area contributed by atoms with Crippen LogP contribution in [-0.2, 0) is 22.8 Å². The van der Waals surface area contributed by atoms with Crippen LogP contribution in [0.4, 0.5) is 10.5 Å². The maximum Gasteiger partial charge on any atom is 0.335 e. The van der Waals surface area contributed by atoms with E-state index in [2.05, 4.69) is 21.2 Å². The van der Waals surface area contributed by atoms with Gasteiger partial charge in [-0.15, -0.1) is 0 Å². The fourth-order valence-corrected chi connectivity index (χ4v) is 5.39. The summed E-state index contributed by atoms with van der Waals surface area (Å²) >= 11 is 15.8. The van der Waals surface area contributed by atoms with Gasteiger partial charge in [0.15, 0.2) is 11.5 Å². The molecule has 4 aromatic carbocycles. The first-order valence-corrected chi connectivity index (χ1v) is 15.0. The molecule has 4 amide bonds. The lowest BCUT2D eigenvalue weighted by Crippen LogP contribution is -2.54. The Hall–Kier alpha value is -4.31. The molecule has 1 N–H and O–H groups in total. The van der Waals surface area contributed by atoms with E-state index in [1.54, 1.807) is 54.6 Å². The van der Waals surface area contributed by atoms with Crippen LogP contribution < -0.4 is 24.4 Å². The van der Waals surface area contributed by atoms with Crippen molar-refractivity contribution in [1.82, 2.24) is 5.32 Å². The Kier molecular flexibility index (Phi) is 9.89.